The number of hydrogen-bond acceptors (Lipinski definition) is 3. The molecule has 23 heavy (non-hydrogen) atoms. The Balaban J connectivity index is 1.70. The minimum Gasteiger partial charge on any atom is -0.494 e. The first kappa shape index (κ1) is 17.6. The lowest BCUT2D eigenvalue weighted by Crippen LogP contribution is -2.41. The van der Waals surface area contributed by atoms with Crippen molar-refractivity contribution in [3.05, 3.63) is 29.8 Å². The Hall–Kier alpha value is -1.75. The number of aliphatic imine (C=N–C) groups is 1. The maximum absolute atomic E-state index is 5.67. The van der Waals surface area contributed by atoms with E-state index in [0.717, 1.165) is 63.7 Å². The zero-order valence-corrected chi connectivity index (χ0v) is 14.3. The minimum atomic E-state index is 0.320. The Morgan fingerprint density at radius 2 is 2.30 bits per heavy atom. The summed E-state index contributed by atoms with van der Waals surface area (Å²) < 4.78 is 11.3. The molecule has 0 amide bonds. The average molecular weight is 319 g/mol. The first-order valence-electron chi connectivity index (χ1n) is 8.59. The molecule has 0 spiro atoms. The summed E-state index contributed by atoms with van der Waals surface area (Å²) in [6, 6.07) is 8.29. The van der Waals surface area contributed by atoms with Gasteiger partial charge in [-0.2, -0.15) is 0 Å². The van der Waals surface area contributed by atoms with Crippen LogP contribution in [0.2, 0.25) is 0 Å². The predicted octanol–water partition coefficient (Wildman–Crippen LogP) is 2.36. The molecular formula is C18H29N3O2. The zero-order chi connectivity index (χ0) is 16.3. The largest absolute Gasteiger partial charge is 0.494 e. The van der Waals surface area contributed by atoms with Gasteiger partial charge in [-0.15, -0.1) is 0 Å². The van der Waals surface area contributed by atoms with Crippen molar-refractivity contribution >= 4 is 5.96 Å². The van der Waals surface area contributed by atoms with Gasteiger partial charge in [0.1, 0.15) is 5.75 Å². The maximum Gasteiger partial charge on any atom is 0.191 e. The summed E-state index contributed by atoms with van der Waals surface area (Å²) in [6.07, 6.45) is 4.58. The monoisotopic (exact) mass is 319 g/mol. The van der Waals surface area contributed by atoms with Gasteiger partial charge < -0.3 is 20.1 Å². The lowest BCUT2D eigenvalue weighted by atomic mass is 10.1. The fourth-order valence-electron chi connectivity index (χ4n) is 2.57. The molecule has 1 aliphatic rings. The van der Waals surface area contributed by atoms with E-state index in [9.17, 15) is 0 Å². The smallest absolute Gasteiger partial charge is 0.191 e. The highest BCUT2D eigenvalue weighted by Gasteiger charge is 2.15. The molecule has 1 heterocycles. The van der Waals surface area contributed by atoms with Crippen molar-refractivity contribution < 1.29 is 9.47 Å². The Bertz CT molecular complexity index is 485. The number of nitrogens with one attached hydrogen (secondary N) is 2. The third kappa shape index (κ3) is 6.48. The van der Waals surface area contributed by atoms with Gasteiger partial charge in [-0.05, 0) is 43.4 Å². The SMILES string of the molecule is CCCOc1cccc(CCNC(=NC)NCC2CCCO2)c1. The quantitative estimate of drug-likeness (QED) is 0.570. The van der Waals surface area contributed by atoms with Crippen molar-refractivity contribution in [2.75, 3.05) is 33.4 Å². The van der Waals surface area contributed by atoms with Crippen LogP contribution in [0, 0.1) is 0 Å². The van der Waals surface area contributed by atoms with Crippen molar-refractivity contribution in [2.45, 2.75) is 38.7 Å². The van der Waals surface area contributed by atoms with Crippen LogP contribution >= 0.6 is 0 Å². The molecule has 0 aliphatic carbocycles. The van der Waals surface area contributed by atoms with E-state index in [4.69, 9.17) is 9.47 Å². The number of ether oxygens (including phenoxy) is 2. The molecule has 0 bridgehead atoms. The summed E-state index contributed by atoms with van der Waals surface area (Å²) in [7, 11) is 1.80. The van der Waals surface area contributed by atoms with Crippen LogP contribution in [0.25, 0.3) is 0 Å². The molecule has 0 aromatic heterocycles. The second-order valence-electron chi connectivity index (χ2n) is 5.76. The molecule has 1 unspecified atom stereocenters. The molecule has 1 atom stereocenters. The molecule has 2 N–H and O–H groups in total. The molecule has 5 heteroatoms. The van der Waals surface area contributed by atoms with Crippen molar-refractivity contribution in [1.82, 2.24) is 10.6 Å². The number of nitrogens with zero attached hydrogens (tertiary/aromatic N) is 1. The van der Waals surface area contributed by atoms with E-state index in [1.807, 2.05) is 12.1 Å². The Labute approximate surface area is 139 Å². The molecule has 1 saturated heterocycles. The molecule has 0 saturated carbocycles. The fraction of sp³-hybridized carbons (Fsp3) is 0.611. The standard InChI is InChI=1S/C18H29N3O2/c1-3-11-22-16-7-4-6-15(13-16)9-10-20-18(19-2)21-14-17-8-5-12-23-17/h4,6-7,13,17H,3,5,8-12,14H2,1-2H3,(H2,19,20,21). The minimum absolute atomic E-state index is 0.320. The first-order valence-corrected chi connectivity index (χ1v) is 8.59. The fourth-order valence-corrected chi connectivity index (χ4v) is 2.57. The average Bonchev–Trinajstić information content (AvgIpc) is 3.10. The van der Waals surface area contributed by atoms with Gasteiger partial charge in [0.2, 0.25) is 0 Å². The molecular weight excluding hydrogens is 290 g/mol. The van der Waals surface area contributed by atoms with Gasteiger partial charge in [0.15, 0.2) is 5.96 Å². The predicted molar refractivity (Wildman–Crippen MR) is 94.3 cm³/mol. The van der Waals surface area contributed by atoms with Gasteiger partial charge in [0, 0.05) is 26.7 Å². The summed E-state index contributed by atoms with van der Waals surface area (Å²) in [5, 5.41) is 6.67. The lowest BCUT2D eigenvalue weighted by molar-refractivity contribution is 0.114. The van der Waals surface area contributed by atoms with Crippen LogP contribution in [-0.4, -0.2) is 45.4 Å². The van der Waals surface area contributed by atoms with Crippen LogP contribution in [0.1, 0.15) is 31.7 Å². The summed E-state index contributed by atoms with van der Waals surface area (Å²) in [4.78, 5) is 4.25. The van der Waals surface area contributed by atoms with Gasteiger partial charge >= 0.3 is 0 Å². The lowest BCUT2D eigenvalue weighted by Gasteiger charge is -2.15. The molecule has 128 valence electrons. The normalized spacial score (nSPS) is 18.0. The molecule has 1 aromatic carbocycles. The highest BCUT2D eigenvalue weighted by atomic mass is 16.5. The molecule has 2 rings (SSSR count). The van der Waals surface area contributed by atoms with Crippen LogP contribution in [0.15, 0.2) is 29.3 Å². The van der Waals surface area contributed by atoms with E-state index >= 15 is 0 Å². The van der Waals surface area contributed by atoms with Crippen LogP contribution in [0.5, 0.6) is 5.75 Å². The number of guanidine groups is 1. The van der Waals surface area contributed by atoms with Gasteiger partial charge in [-0.1, -0.05) is 19.1 Å². The number of benzene rings is 1. The molecule has 1 fully saturated rings. The van der Waals surface area contributed by atoms with E-state index in [1.165, 1.54) is 5.56 Å². The third-order valence-corrected chi connectivity index (χ3v) is 3.82. The zero-order valence-electron chi connectivity index (χ0n) is 14.3. The van der Waals surface area contributed by atoms with Gasteiger partial charge in [0.25, 0.3) is 0 Å². The van der Waals surface area contributed by atoms with E-state index < -0.39 is 0 Å². The second kappa shape index (κ2) is 10.1. The van der Waals surface area contributed by atoms with Crippen molar-refractivity contribution in [3.8, 4) is 5.75 Å². The molecule has 1 aliphatic heterocycles. The highest BCUT2D eigenvalue weighted by Crippen LogP contribution is 2.14. The Kier molecular flexibility index (Phi) is 7.73. The highest BCUT2D eigenvalue weighted by molar-refractivity contribution is 5.79. The van der Waals surface area contributed by atoms with E-state index in [-0.39, 0.29) is 0 Å². The van der Waals surface area contributed by atoms with Crippen LogP contribution < -0.4 is 15.4 Å². The second-order valence-corrected chi connectivity index (χ2v) is 5.76. The summed E-state index contributed by atoms with van der Waals surface area (Å²) in [6.45, 7) is 5.42. The Morgan fingerprint density at radius 3 is 3.04 bits per heavy atom. The van der Waals surface area contributed by atoms with Crippen LogP contribution in [0.4, 0.5) is 0 Å². The van der Waals surface area contributed by atoms with Gasteiger partial charge in [0.05, 0.1) is 12.7 Å². The van der Waals surface area contributed by atoms with E-state index in [0.29, 0.717) is 6.10 Å². The van der Waals surface area contributed by atoms with Crippen molar-refractivity contribution in [3.63, 3.8) is 0 Å². The third-order valence-electron chi connectivity index (χ3n) is 3.82. The summed E-state index contributed by atoms with van der Waals surface area (Å²) >= 11 is 0. The Morgan fingerprint density at radius 1 is 1.39 bits per heavy atom. The van der Waals surface area contributed by atoms with Crippen molar-refractivity contribution in [2.24, 2.45) is 4.99 Å². The molecule has 1 aromatic rings. The van der Waals surface area contributed by atoms with Crippen LogP contribution in [0.3, 0.4) is 0 Å². The molecule has 0 radical (unpaired) electrons. The summed E-state index contributed by atoms with van der Waals surface area (Å²) in [5.41, 5.74) is 1.26. The maximum atomic E-state index is 5.67. The van der Waals surface area contributed by atoms with Gasteiger partial charge in [-0.25, -0.2) is 0 Å². The van der Waals surface area contributed by atoms with Crippen molar-refractivity contribution in [1.29, 1.82) is 0 Å². The van der Waals surface area contributed by atoms with Gasteiger partial charge in [-0.3, -0.25) is 4.99 Å². The number of rotatable bonds is 8. The van der Waals surface area contributed by atoms with E-state index in [1.54, 1.807) is 7.05 Å². The molecule has 5 nitrogen and oxygen atoms in total. The number of hydrogen-bond donors (Lipinski definition) is 2. The van der Waals surface area contributed by atoms with Crippen LogP contribution in [-0.2, 0) is 11.2 Å². The summed E-state index contributed by atoms with van der Waals surface area (Å²) in [5.74, 6) is 1.78. The van der Waals surface area contributed by atoms with E-state index in [2.05, 4.69) is 34.7 Å². The topological polar surface area (TPSA) is 54.9 Å². The first-order chi connectivity index (χ1) is 11.3.